The molecule has 1 heterocycles. The Morgan fingerprint density at radius 1 is 1.24 bits per heavy atom. The van der Waals surface area contributed by atoms with Crippen LogP contribution in [-0.2, 0) is 11.0 Å². The first-order valence-electron chi connectivity index (χ1n) is 8.14. The summed E-state index contributed by atoms with van der Waals surface area (Å²) in [7, 11) is 0. The van der Waals surface area contributed by atoms with E-state index >= 15 is 0 Å². The van der Waals surface area contributed by atoms with Gasteiger partial charge in [0.05, 0.1) is 17.3 Å². The maximum atomic E-state index is 13.1. The van der Waals surface area contributed by atoms with E-state index in [0.29, 0.717) is 6.07 Å². The highest BCUT2D eigenvalue weighted by atomic mass is 19.4. The number of hydrogen-bond donors (Lipinski definition) is 2. The van der Waals surface area contributed by atoms with Gasteiger partial charge in [-0.2, -0.15) is 13.2 Å². The molecule has 4 fully saturated rings. The van der Waals surface area contributed by atoms with Gasteiger partial charge in [0, 0.05) is 0 Å². The molecule has 3 aliphatic carbocycles. The van der Waals surface area contributed by atoms with Crippen molar-refractivity contribution in [1.29, 1.82) is 0 Å². The normalized spacial score (nSPS) is 34.3. The van der Waals surface area contributed by atoms with Crippen LogP contribution in [0.15, 0.2) is 23.4 Å². The van der Waals surface area contributed by atoms with Gasteiger partial charge >= 0.3 is 6.18 Å². The Morgan fingerprint density at radius 3 is 2.48 bits per heavy atom. The summed E-state index contributed by atoms with van der Waals surface area (Å²) >= 11 is 0. The number of nitrogens with one attached hydrogen (secondary N) is 1. The summed E-state index contributed by atoms with van der Waals surface area (Å²) in [6, 6.07) is 2.37. The number of hydrogen-bond acceptors (Lipinski definition) is 5. The highest BCUT2D eigenvalue weighted by Gasteiger charge is 2.64. The number of nitrogens with zero attached hydrogens (tertiary/aromatic N) is 2. The molecule has 4 aliphatic rings. The van der Waals surface area contributed by atoms with Gasteiger partial charge in [0.25, 0.3) is 5.91 Å². The van der Waals surface area contributed by atoms with E-state index in [1.165, 1.54) is 6.07 Å². The number of fused-ring (bicyclic) bond motifs is 2. The lowest BCUT2D eigenvalue weighted by atomic mass is 9.59. The fourth-order valence-electron chi connectivity index (χ4n) is 4.56. The Balaban J connectivity index is 1.74. The molecule has 0 spiro atoms. The van der Waals surface area contributed by atoms with Crippen molar-refractivity contribution < 1.29 is 23.1 Å². The van der Waals surface area contributed by atoms with Gasteiger partial charge in [-0.1, -0.05) is 0 Å². The van der Waals surface area contributed by atoms with Crippen LogP contribution in [0.2, 0.25) is 0 Å². The number of alkyl halides is 3. The summed E-state index contributed by atoms with van der Waals surface area (Å²) in [4.78, 5) is 23.4. The molecule has 3 saturated carbocycles. The van der Waals surface area contributed by atoms with Crippen LogP contribution in [0, 0.1) is 16.7 Å². The van der Waals surface area contributed by atoms with E-state index in [4.69, 9.17) is 0 Å². The minimum absolute atomic E-state index is 0.0630. The molecule has 0 aromatic heterocycles. The average Bonchev–Trinajstić information content (AvgIpc) is 2.89. The zero-order valence-corrected chi connectivity index (χ0v) is 13.1. The van der Waals surface area contributed by atoms with Crippen LogP contribution in [-0.4, -0.2) is 22.7 Å². The fourth-order valence-corrected chi connectivity index (χ4v) is 4.56. The standard InChI is InChI=1S/C16H16F3N3O3/c17-16(18,19)11-7-10(5-6-12(11)21-25)22-14(23)15(24)9-3-1-8(2-4-9)13(15)20-22/h5-9,13,20,24H,1-4H2/t8?,9?,13-,15-/m1/s1. The quantitative estimate of drug-likeness (QED) is 0.800. The summed E-state index contributed by atoms with van der Waals surface area (Å²) in [6.45, 7) is 0. The number of carbonyl (C=O) groups is 1. The first kappa shape index (κ1) is 16.5. The number of amides is 1. The average molecular weight is 355 g/mol. The molecule has 1 amide bonds. The molecule has 1 aromatic carbocycles. The van der Waals surface area contributed by atoms with E-state index in [9.17, 15) is 28.0 Å². The first-order chi connectivity index (χ1) is 11.8. The highest BCUT2D eigenvalue weighted by molar-refractivity contribution is 6.02. The van der Waals surface area contributed by atoms with Gasteiger partial charge < -0.3 is 5.11 Å². The third-order valence-electron chi connectivity index (χ3n) is 5.80. The fraction of sp³-hybridized carbons (Fsp3) is 0.562. The van der Waals surface area contributed by atoms with Crippen LogP contribution in [0.1, 0.15) is 31.2 Å². The van der Waals surface area contributed by atoms with Gasteiger partial charge in [-0.05, 0) is 60.9 Å². The van der Waals surface area contributed by atoms with Crippen molar-refractivity contribution in [2.45, 2.75) is 43.5 Å². The predicted molar refractivity (Wildman–Crippen MR) is 81.7 cm³/mol. The first-order valence-corrected chi connectivity index (χ1v) is 8.14. The maximum Gasteiger partial charge on any atom is 0.418 e. The van der Waals surface area contributed by atoms with Gasteiger partial charge in [-0.15, -0.1) is 4.91 Å². The lowest BCUT2D eigenvalue weighted by molar-refractivity contribution is -0.152. The van der Waals surface area contributed by atoms with Crippen LogP contribution in [0.5, 0.6) is 0 Å². The SMILES string of the molecule is O=Nc1ccc(N2N[C@@H]3C4CCC(CC4)[C@]3(O)C2=O)cc1C(F)(F)F. The molecule has 1 aliphatic heterocycles. The molecule has 2 N–H and O–H groups in total. The van der Waals surface area contributed by atoms with Crippen LogP contribution in [0.25, 0.3) is 0 Å². The molecule has 2 bridgehead atoms. The van der Waals surface area contributed by atoms with E-state index in [2.05, 4.69) is 10.6 Å². The third-order valence-corrected chi connectivity index (χ3v) is 5.80. The van der Waals surface area contributed by atoms with Crippen molar-refractivity contribution in [3.05, 3.63) is 28.7 Å². The Labute approximate surface area is 140 Å². The molecule has 0 radical (unpaired) electrons. The lowest BCUT2D eigenvalue weighted by Crippen LogP contribution is -2.61. The second-order valence-corrected chi connectivity index (χ2v) is 6.97. The van der Waals surface area contributed by atoms with Crippen molar-refractivity contribution >= 4 is 17.3 Å². The molecule has 1 saturated heterocycles. The van der Waals surface area contributed by atoms with E-state index in [1.54, 1.807) is 0 Å². The zero-order chi connectivity index (χ0) is 18.0. The second kappa shape index (κ2) is 5.25. The van der Waals surface area contributed by atoms with Crippen LogP contribution in [0.3, 0.4) is 0 Å². The largest absolute Gasteiger partial charge is 0.418 e. The zero-order valence-electron chi connectivity index (χ0n) is 13.1. The van der Waals surface area contributed by atoms with Crippen LogP contribution < -0.4 is 10.4 Å². The third kappa shape index (κ3) is 2.22. The number of carbonyl (C=O) groups excluding carboxylic acids is 1. The molecule has 9 heteroatoms. The van der Waals surface area contributed by atoms with E-state index < -0.39 is 35.0 Å². The van der Waals surface area contributed by atoms with Gasteiger partial charge in [-0.3, -0.25) is 4.79 Å². The van der Waals surface area contributed by atoms with Crippen molar-refractivity contribution in [1.82, 2.24) is 5.43 Å². The van der Waals surface area contributed by atoms with E-state index in [0.717, 1.165) is 36.8 Å². The minimum Gasteiger partial charge on any atom is -0.378 e. The number of nitroso groups, excluding NO2 is 1. The van der Waals surface area contributed by atoms with Gasteiger partial charge in [-0.25, -0.2) is 10.4 Å². The molecular weight excluding hydrogens is 339 g/mol. The molecule has 134 valence electrons. The molecule has 0 unspecified atom stereocenters. The Hall–Kier alpha value is -2.00. The number of rotatable bonds is 2. The van der Waals surface area contributed by atoms with Crippen molar-refractivity contribution in [3.8, 4) is 0 Å². The topological polar surface area (TPSA) is 82.0 Å². The van der Waals surface area contributed by atoms with Gasteiger partial charge in [0.1, 0.15) is 5.69 Å². The summed E-state index contributed by atoms with van der Waals surface area (Å²) in [6.07, 6.45) is -1.53. The number of aliphatic hydroxyl groups is 1. The molecular formula is C16H16F3N3O3. The second-order valence-electron chi connectivity index (χ2n) is 6.97. The molecule has 6 nitrogen and oxygen atoms in total. The summed E-state index contributed by atoms with van der Waals surface area (Å²) in [5, 5.41) is 14.4. The summed E-state index contributed by atoms with van der Waals surface area (Å²) < 4.78 is 39.4. The Bertz CT molecular complexity index is 746. The molecule has 25 heavy (non-hydrogen) atoms. The van der Waals surface area contributed by atoms with Crippen molar-refractivity contribution in [2.24, 2.45) is 17.0 Å². The Kier molecular flexibility index (Phi) is 3.46. The minimum atomic E-state index is -4.77. The number of benzene rings is 1. The van der Waals surface area contributed by atoms with Crippen LogP contribution in [0.4, 0.5) is 24.5 Å². The van der Waals surface area contributed by atoms with Crippen molar-refractivity contribution in [2.75, 3.05) is 5.01 Å². The number of hydrazine groups is 1. The number of halogens is 3. The lowest BCUT2D eigenvalue weighted by Gasteiger charge is -2.48. The van der Waals surface area contributed by atoms with Gasteiger partial charge in [0.2, 0.25) is 0 Å². The van der Waals surface area contributed by atoms with Gasteiger partial charge in [0.15, 0.2) is 5.60 Å². The van der Waals surface area contributed by atoms with Crippen LogP contribution >= 0.6 is 0 Å². The van der Waals surface area contributed by atoms with Crippen molar-refractivity contribution in [3.63, 3.8) is 0 Å². The maximum absolute atomic E-state index is 13.1. The highest BCUT2D eigenvalue weighted by Crippen LogP contribution is 2.51. The van der Waals surface area contributed by atoms with E-state index in [1.807, 2.05) is 0 Å². The summed E-state index contributed by atoms with van der Waals surface area (Å²) in [5.74, 6) is -0.709. The molecule has 1 aromatic rings. The monoisotopic (exact) mass is 355 g/mol. The van der Waals surface area contributed by atoms with E-state index in [-0.39, 0.29) is 17.5 Å². The smallest absolute Gasteiger partial charge is 0.378 e. The Morgan fingerprint density at radius 2 is 1.92 bits per heavy atom. The summed E-state index contributed by atoms with van der Waals surface area (Å²) in [5.41, 5.74) is -0.686. The molecule has 5 rings (SSSR count). The predicted octanol–water partition coefficient (Wildman–Crippen LogP) is 2.87. The number of anilines is 1. The molecule has 2 atom stereocenters.